The van der Waals surface area contributed by atoms with Crippen LogP contribution in [-0.4, -0.2) is 11.2 Å². The summed E-state index contributed by atoms with van der Waals surface area (Å²) in [6.45, 7) is 12.6. The van der Waals surface area contributed by atoms with Gasteiger partial charge in [0.2, 0.25) is 0 Å². The number of hydrogen-bond acceptors (Lipinski definition) is 1. The Balaban J connectivity index is 0.00000240. The van der Waals surface area contributed by atoms with Crippen LogP contribution in [0.5, 0.6) is 0 Å². The van der Waals surface area contributed by atoms with Gasteiger partial charge in [-0.15, -0.1) is 0 Å². The molecule has 0 bridgehead atoms. The van der Waals surface area contributed by atoms with E-state index >= 15 is 0 Å². The number of rotatable bonds is 5. The summed E-state index contributed by atoms with van der Waals surface area (Å²) >= 11 is 0. The second kappa shape index (κ2) is 9.13. The van der Waals surface area contributed by atoms with Gasteiger partial charge in [-0.05, 0) is 97.7 Å². The summed E-state index contributed by atoms with van der Waals surface area (Å²) in [6, 6.07) is 0. The van der Waals surface area contributed by atoms with Crippen molar-refractivity contribution in [3.05, 3.63) is 11.6 Å². The van der Waals surface area contributed by atoms with Gasteiger partial charge >= 0.3 is 0 Å². The smallest absolute Gasteiger partial charge is 0.0577 e. The van der Waals surface area contributed by atoms with Gasteiger partial charge < -0.3 is 5.11 Å². The molecule has 0 amide bonds. The monoisotopic (exact) mass is 583 g/mol. The molecule has 0 aromatic carbocycles. The van der Waals surface area contributed by atoms with E-state index in [4.69, 9.17) is 0 Å². The van der Waals surface area contributed by atoms with Crippen LogP contribution in [0.15, 0.2) is 11.6 Å². The van der Waals surface area contributed by atoms with Crippen molar-refractivity contribution >= 4 is 0 Å². The van der Waals surface area contributed by atoms with Crippen molar-refractivity contribution < 1.29 is 27.5 Å². The van der Waals surface area contributed by atoms with Crippen molar-refractivity contribution in [1.29, 1.82) is 0 Å². The molecule has 4 aliphatic carbocycles. The van der Waals surface area contributed by atoms with Crippen molar-refractivity contribution in [2.45, 2.75) is 111 Å². The number of aliphatic hydroxyl groups excluding tert-OH is 1. The Morgan fingerprint density at radius 3 is 2.48 bits per heavy atom. The molecule has 1 N–H and O–H groups in total. The van der Waals surface area contributed by atoms with Gasteiger partial charge in [0, 0.05) is 22.4 Å². The molecule has 0 aliphatic heterocycles. The van der Waals surface area contributed by atoms with Crippen LogP contribution in [0.25, 0.3) is 0 Å². The molecule has 1 nitrogen and oxygen atoms in total. The summed E-state index contributed by atoms with van der Waals surface area (Å²) in [5.41, 5.74) is 2.60. The number of allylic oxidation sites excluding steroid dienone is 1. The Morgan fingerprint density at radius 2 is 1.76 bits per heavy atom. The third-order valence-electron chi connectivity index (χ3n) is 10.3. The second-order valence-electron chi connectivity index (χ2n) is 12.2. The molecule has 0 aromatic heterocycles. The second-order valence-corrected chi connectivity index (χ2v) is 12.2. The van der Waals surface area contributed by atoms with Gasteiger partial charge in [0.15, 0.2) is 0 Å². The molecule has 8 atom stereocenters. The average molecular weight is 584 g/mol. The normalized spacial score (nSPS) is 44.9. The van der Waals surface area contributed by atoms with Crippen molar-refractivity contribution in [2.75, 3.05) is 0 Å². The van der Waals surface area contributed by atoms with Crippen LogP contribution in [0, 0.1) is 46.3 Å². The molecular weight excluding hydrogens is 537 g/mol. The Kier molecular flexibility index (Phi) is 7.58. The predicted molar refractivity (Wildman–Crippen MR) is 119 cm³/mol. The topological polar surface area (TPSA) is 20.2 Å². The van der Waals surface area contributed by atoms with Crippen molar-refractivity contribution in [2.24, 2.45) is 46.3 Å². The summed E-state index contributed by atoms with van der Waals surface area (Å²) in [6.07, 6.45) is 17.2. The third-order valence-corrected chi connectivity index (χ3v) is 10.3. The first kappa shape index (κ1) is 24.1. The fraction of sp³-hybridized carbons (Fsp3) is 0.926. The van der Waals surface area contributed by atoms with Gasteiger partial charge in [-0.2, -0.15) is 0 Å². The SMILES string of the molecule is CC(C)CCC[C@@H](C)[C@H]1CC[C@H]2[C@@H]3CC=C4C[C@@H](O)CC[C@]4(C)[C@H]3CC[C@]12C.[Au]. The van der Waals surface area contributed by atoms with Gasteiger partial charge in [-0.3, -0.25) is 0 Å². The van der Waals surface area contributed by atoms with Crippen molar-refractivity contribution in [1.82, 2.24) is 0 Å². The molecule has 0 unspecified atom stereocenters. The van der Waals surface area contributed by atoms with Crippen LogP contribution in [0.2, 0.25) is 0 Å². The van der Waals surface area contributed by atoms with Gasteiger partial charge in [0.05, 0.1) is 6.10 Å². The van der Waals surface area contributed by atoms with E-state index in [0.717, 1.165) is 48.3 Å². The van der Waals surface area contributed by atoms with Crippen LogP contribution in [0.1, 0.15) is 105 Å². The maximum Gasteiger partial charge on any atom is 0.0577 e. The Morgan fingerprint density at radius 1 is 1.00 bits per heavy atom. The first-order valence-electron chi connectivity index (χ1n) is 12.6. The molecule has 2 heteroatoms. The van der Waals surface area contributed by atoms with E-state index in [-0.39, 0.29) is 28.5 Å². The van der Waals surface area contributed by atoms with Crippen molar-refractivity contribution in [3.8, 4) is 0 Å². The Bertz CT molecular complexity index is 597. The zero-order valence-corrected chi connectivity index (χ0v) is 21.8. The van der Waals surface area contributed by atoms with E-state index in [0.29, 0.717) is 10.8 Å². The quantitative estimate of drug-likeness (QED) is 0.265. The number of fused-ring (bicyclic) bond motifs is 5. The molecule has 0 saturated heterocycles. The van der Waals surface area contributed by atoms with E-state index in [1.165, 1.54) is 57.8 Å². The van der Waals surface area contributed by atoms with Crippen LogP contribution < -0.4 is 0 Å². The fourth-order valence-electron chi connectivity index (χ4n) is 8.67. The molecule has 4 rings (SSSR count). The number of aliphatic hydroxyl groups is 1. The minimum Gasteiger partial charge on any atom is -0.393 e. The Hall–Kier alpha value is 0.440. The minimum absolute atomic E-state index is 0. The standard InChI is InChI=1S/C27H46O.Au/c1-18(2)7-6-8-19(3)23-11-12-24-22-10-9-20-17-21(28)13-15-26(20,4)25(22)14-16-27(23,24)5;/h9,18-19,21-25,28H,6-8,10-17H2,1-5H3;/t19-,21+,22+,23-,24+,25+,26+,27-;/m1./s1. The average Bonchev–Trinajstić information content (AvgIpc) is 2.99. The Labute approximate surface area is 196 Å². The summed E-state index contributed by atoms with van der Waals surface area (Å²) in [5.74, 6) is 5.46. The van der Waals surface area contributed by atoms with Gasteiger partial charge in [0.25, 0.3) is 0 Å². The first-order valence-corrected chi connectivity index (χ1v) is 12.6. The predicted octanol–water partition coefficient (Wildman–Crippen LogP) is 7.39. The van der Waals surface area contributed by atoms with E-state index in [2.05, 4.69) is 40.7 Å². The van der Waals surface area contributed by atoms with E-state index in [9.17, 15) is 5.11 Å². The van der Waals surface area contributed by atoms with Crippen LogP contribution >= 0.6 is 0 Å². The van der Waals surface area contributed by atoms with Gasteiger partial charge in [0.1, 0.15) is 0 Å². The zero-order valence-electron chi connectivity index (χ0n) is 19.6. The van der Waals surface area contributed by atoms with E-state index < -0.39 is 0 Å². The summed E-state index contributed by atoms with van der Waals surface area (Å²) in [5, 5.41) is 10.2. The largest absolute Gasteiger partial charge is 0.393 e. The minimum atomic E-state index is -0.0766. The molecular formula is C27H46AuO. The zero-order chi connectivity index (χ0) is 20.1. The molecule has 4 aliphatic rings. The third kappa shape index (κ3) is 4.24. The molecule has 0 aromatic rings. The van der Waals surface area contributed by atoms with Crippen molar-refractivity contribution in [3.63, 3.8) is 0 Å². The molecule has 3 saturated carbocycles. The van der Waals surface area contributed by atoms with E-state index in [1.807, 2.05) is 0 Å². The maximum atomic E-state index is 10.2. The van der Waals surface area contributed by atoms with Crippen LogP contribution in [-0.2, 0) is 22.4 Å². The summed E-state index contributed by atoms with van der Waals surface area (Å²) in [7, 11) is 0. The van der Waals surface area contributed by atoms with Crippen LogP contribution in [0.3, 0.4) is 0 Å². The maximum absolute atomic E-state index is 10.2. The van der Waals surface area contributed by atoms with E-state index in [1.54, 1.807) is 5.57 Å². The molecule has 3 fully saturated rings. The van der Waals surface area contributed by atoms with Gasteiger partial charge in [-0.1, -0.05) is 65.5 Å². The first-order chi connectivity index (χ1) is 13.3. The van der Waals surface area contributed by atoms with Gasteiger partial charge in [-0.25, -0.2) is 0 Å². The molecule has 29 heavy (non-hydrogen) atoms. The molecule has 1 radical (unpaired) electrons. The number of hydrogen-bond donors (Lipinski definition) is 1. The molecule has 171 valence electrons. The summed E-state index contributed by atoms with van der Waals surface area (Å²) < 4.78 is 0. The molecule has 0 spiro atoms. The summed E-state index contributed by atoms with van der Waals surface area (Å²) in [4.78, 5) is 0. The fourth-order valence-corrected chi connectivity index (χ4v) is 8.67. The molecule has 0 heterocycles. The van der Waals surface area contributed by atoms with Crippen LogP contribution in [0.4, 0.5) is 0 Å².